The van der Waals surface area contributed by atoms with Crippen molar-refractivity contribution in [2.75, 3.05) is 39.3 Å². The van der Waals surface area contributed by atoms with Crippen molar-refractivity contribution < 1.29 is 18.4 Å². The van der Waals surface area contributed by atoms with Crippen molar-refractivity contribution in [2.24, 2.45) is 0 Å². The average Bonchev–Trinajstić information content (AvgIpc) is 2.68. The van der Waals surface area contributed by atoms with Gasteiger partial charge in [0, 0.05) is 52.2 Å². The van der Waals surface area contributed by atoms with Crippen molar-refractivity contribution in [3.05, 3.63) is 35.9 Å². The highest BCUT2D eigenvalue weighted by Crippen LogP contribution is 2.15. The van der Waals surface area contributed by atoms with Gasteiger partial charge in [-0.25, -0.2) is 5.48 Å². The first-order chi connectivity index (χ1) is 13.0. The van der Waals surface area contributed by atoms with Crippen LogP contribution in [0.4, 0.5) is 0 Å². The van der Waals surface area contributed by atoms with Gasteiger partial charge in [-0.1, -0.05) is 43.7 Å². The van der Waals surface area contributed by atoms with Gasteiger partial charge in [0.05, 0.1) is 0 Å². The molecule has 2 N–H and O–H groups in total. The number of unbranched alkanes of at least 4 members (excludes halogenated alkanes) is 1. The van der Waals surface area contributed by atoms with Gasteiger partial charge in [0.15, 0.2) is 0 Å². The van der Waals surface area contributed by atoms with Crippen LogP contribution in [0.15, 0.2) is 30.3 Å². The molecule has 1 aliphatic rings. The topological polar surface area (TPSA) is 93.2 Å². The van der Waals surface area contributed by atoms with E-state index in [2.05, 4.69) is 17.0 Å². The average molecular weight is 399 g/mol. The molecule has 9 heteroatoms. The maximum Gasteiger partial charge on any atom is 0.282 e. The molecule has 152 valence electrons. The number of hydrogen-bond acceptors (Lipinski definition) is 5. The predicted octanol–water partition coefficient (Wildman–Crippen LogP) is 1.05. The van der Waals surface area contributed by atoms with E-state index in [4.69, 9.17) is 5.21 Å². The van der Waals surface area contributed by atoms with Gasteiger partial charge in [-0.3, -0.25) is 14.9 Å². The third kappa shape index (κ3) is 6.54. The predicted molar refractivity (Wildman–Crippen MR) is 103 cm³/mol. The van der Waals surface area contributed by atoms with E-state index in [9.17, 15) is 13.2 Å². The molecule has 1 saturated heterocycles. The molecule has 1 aromatic carbocycles. The molecule has 0 aromatic heterocycles. The second kappa shape index (κ2) is 10.7. The number of nitrogens with one attached hydrogen (secondary N) is 1. The maximum atomic E-state index is 13.0. The molecule has 0 unspecified atom stereocenters. The summed E-state index contributed by atoms with van der Waals surface area (Å²) in [5.41, 5.74) is 2.77. The van der Waals surface area contributed by atoms with E-state index in [1.165, 1.54) is 14.2 Å². The van der Waals surface area contributed by atoms with Gasteiger partial charge in [-0.15, -0.1) is 0 Å². The first-order valence-corrected chi connectivity index (χ1v) is 10.8. The van der Waals surface area contributed by atoms with Crippen molar-refractivity contribution in [1.29, 1.82) is 0 Å². The Morgan fingerprint density at radius 1 is 1.15 bits per heavy atom. The molecular formula is C18H30N4O4S. The van der Waals surface area contributed by atoms with Crippen LogP contribution in [-0.2, 0) is 21.5 Å². The first kappa shape index (κ1) is 21.8. The second-order valence-electron chi connectivity index (χ2n) is 6.71. The summed E-state index contributed by atoms with van der Waals surface area (Å²) in [4.78, 5) is 13.6. The third-order valence-corrected chi connectivity index (χ3v) is 6.74. The fraction of sp³-hybridized carbons (Fsp3) is 0.611. The lowest BCUT2D eigenvalue weighted by Crippen LogP contribution is -2.53. The molecule has 0 radical (unpaired) electrons. The van der Waals surface area contributed by atoms with Crippen LogP contribution in [0.1, 0.15) is 31.7 Å². The molecule has 1 amide bonds. The summed E-state index contributed by atoms with van der Waals surface area (Å²) in [5, 5.41) is 8.64. The molecule has 0 bridgehead atoms. The van der Waals surface area contributed by atoms with E-state index in [-0.39, 0.29) is 13.0 Å². The lowest BCUT2D eigenvalue weighted by Gasteiger charge is -2.36. The van der Waals surface area contributed by atoms with Crippen LogP contribution in [0.25, 0.3) is 0 Å². The standard InChI is InChI=1S/C18H30N4O4S/c1-2-3-10-21(11-9-18(23)19-24)27(25,26)22-14-12-20(13-15-22)16-17-7-5-4-6-8-17/h4-8,24H,2-3,9-16H2,1H3,(H,19,23). The van der Waals surface area contributed by atoms with E-state index in [0.717, 1.165) is 19.4 Å². The highest BCUT2D eigenvalue weighted by Gasteiger charge is 2.32. The molecule has 1 heterocycles. The van der Waals surface area contributed by atoms with Gasteiger partial charge in [0.1, 0.15) is 0 Å². The number of amides is 1. The van der Waals surface area contributed by atoms with Crippen LogP contribution in [0.2, 0.25) is 0 Å². The Hall–Kier alpha value is -1.52. The Balaban J connectivity index is 1.94. The molecule has 27 heavy (non-hydrogen) atoms. The minimum atomic E-state index is -3.62. The minimum absolute atomic E-state index is 0.0621. The number of piperazine rings is 1. The zero-order valence-electron chi connectivity index (χ0n) is 15.9. The number of rotatable bonds is 10. The molecule has 1 fully saturated rings. The Kier molecular flexibility index (Phi) is 8.65. The molecule has 1 aliphatic heterocycles. The third-order valence-electron chi connectivity index (χ3n) is 4.71. The highest BCUT2D eigenvalue weighted by molar-refractivity contribution is 7.86. The van der Waals surface area contributed by atoms with Crippen LogP contribution in [0, 0.1) is 0 Å². The molecular weight excluding hydrogens is 368 g/mol. The maximum absolute atomic E-state index is 13.0. The summed E-state index contributed by atoms with van der Waals surface area (Å²) in [5.74, 6) is -0.584. The number of hydrogen-bond donors (Lipinski definition) is 2. The molecule has 0 spiro atoms. The number of carbonyl (C=O) groups is 1. The lowest BCUT2D eigenvalue weighted by atomic mass is 10.2. The monoisotopic (exact) mass is 398 g/mol. The van der Waals surface area contributed by atoms with E-state index < -0.39 is 16.1 Å². The summed E-state index contributed by atoms with van der Waals surface area (Å²) in [6.45, 7) is 5.47. The van der Waals surface area contributed by atoms with Crippen molar-refractivity contribution in [2.45, 2.75) is 32.7 Å². The number of carbonyl (C=O) groups excluding carboxylic acids is 1. The van der Waals surface area contributed by atoms with E-state index in [1.54, 1.807) is 5.48 Å². The summed E-state index contributed by atoms with van der Waals surface area (Å²) in [6, 6.07) is 10.1. The van der Waals surface area contributed by atoms with Crippen molar-refractivity contribution in [1.82, 2.24) is 19.0 Å². The van der Waals surface area contributed by atoms with Crippen LogP contribution in [0.5, 0.6) is 0 Å². The lowest BCUT2D eigenvalue weighted by molar-refractivity contribution is -0.129. The van der Waals surface area contributed by atoms with Crippen molar-refractivity contribution >= 4 is 16.1 Å². The van der Waals surface area contributed by atoms with Crippen molar-refractivity contribution in [3.63, 3.8) is 0 Å². The molecule has 8 nitrogen and oxygen atoms in total. The Morgan fingerprint density at radius 2 is 1.81 bits per heavy atom. The smallest absolute Gasteiger partial charge is 0.282 e. The van der Waals surface area contributed by atoms with Gasteiger partial charge in [-0.05, 0) is 12.0 Å². The Labute approximate surface area is 161 Å². The van der Waals surface area contributed by atoms with E-state index in [0.29, 0.717) is 32.7 Å². The summed E-state index contributed by atoms with van der Waals surface area (Å²) < 4.78 is 28.9. The molecule has 0 atom stereocenters. The number of benzene rings is 1. The zero-order valence-corrected chi connectivity index (χ0v) is 16.7. The second-order valence-corrected chi connectivity index (χ2v) is 8.63. The number of hydroxylamine groups is 1. The van der Waals surface area contributed by atoms with Crippen LogP contribution < -0.4 is 5.48 Å². The number of nitrogens with zero attached hydrogens (tertiary/aromatic N) is 3. The minimum Gasteiger partial charge on any atom is -0.296 e. The van der Waals surface area contributed by atoms with Crippen LogP contribution in [-0.4, -0.2) is 72.3 Å². The summed E-state index contributed by atoms with van der Waals surface area (Å²) in [7, 11) is -3.62. The van der Waals surface area contributed by atoms with Gasteiger partial charge in [0.25, 0.3) is 10.2 Å². The van der Waals surface area contributed by atoms with E-state index >= 15 is 0 Å². The highest BCUT2D eigenvalue weighted by atomic mass is 32.2. The normalized spacial score (nSPS) is 16.6. The zero-order chi connectivity index (χ0) is 19.7. The largest absolute Gasteiger partial charge is 0.296 e. The van der Waals surface area contributed by atoms with Crippen LogP contribution >= 0.6 is 0 Å². The van der Waals surface area contributed by atoms with Crippen LogP contribution in [0.3, 0.4) is 0 Å². The Bertz CT molecular complexity index is 676. The molecule has 1 aromatic rings. The van der Waals surface area contributed by atoms with Gasteiger partial charge in [-0.2, -0.15) is 17.0 Å². The molecule has 0 saturated carbocycles. The molecule has 2 rings (SSSR count). The first-order valence-electron chi connectivity index (χ1n) is 9.41. The van der Waals surface area contributed by atoms with Gasteiger partial charge < -0.3 is 0 Å². The van der Waals surface area contributed by atoms with Gasteiger partial charge in [0.2, 0.25) is 5.91 Å². The molecule has 0 aliphatic carbocycles. The fourth-order valence-corrected chi connectivity index (χ4v) is 4.72. The van der Waals surface area contributed by atoms with E-state index in [1.807, 2.05) is 25.1 Å². The quantitative estimate of drug-likeness (QED) is 0.454. The van der Waals surface area contributed by atoms with Crippen molar-refractivity contribution in [3.8, 4) is 0 Å². The summed E-state index contributed by atoms with van der Waals surface area (Å²) >= 11 is 0. The SMILES string of the molecule is CCCCN(CCC(=O)NO)S(=O)(=O)N1CCN(Cc2ccccc2)CC1. The Morgan fingerprint density at radius 3 is 2.41 bits per heavy atom. The summed E-state index contributed by atoms with van der Waals surface area (Å²) in [6.07, 6.45) is 1.53. The fourth-order valence-electron chi connectivity index (χ4n) is 3.08. The van der Waals surface area contributed by atoms with Gasteiger partial charge >= 0.3 is 0 Å².